The molecule has 0 unspecified atom stereocenters. The Morgan fingerprint density at radius 2 is 1.56 bits per heavy atom. The van der Waals surface area contributed by atoms with Crippen molar-refractivity contribution in [1.29, 1.82) is 0 Å². The van der Waals surface area contributed by atoms with E-state index in [9.17, 15) is 45.8 Å². The molecule has 15 heteroatoms. The normalized spacial score (nSPS) is 21.5. The lowest BCUT2D eigenvalue weighted by atomic mass is 9.82. The number of β-lactam (4-membered cyclic amide) rings is 1. The topological polar surface area (TPSA) is 137 Å². The first kappa shape index (κ1) is 28.8. The van der Waals surface area contributed by atoms with Crippen LogP contribution in [0.1, 0.15) is 37.7 Å². The van der Waals surface area contributed by atoms with Crippen LogP contribution < -0.4 is 5.32 Å². The van der Waals surface area contributed by atoms with Crippen molar-refractivity contribution >= 4 is 23.9 Å². The summed E-state index contributed by atoms with van der Waals surface area (Å²) in [5, 5.41) is 18.5. The zero-order valence-electron chi connectivity index (χ0n) is 18.6. The summed E-state index contributed by atoms with van der Waals surface area (Å²) in [5.41, 5.74) is 0.653. The van der Waals surface area contributed by atoms with Gasteiger partial charge in [-0.1, -0.05) is 19.3 Å². The number of carbonyl (C=O) groups is 4. The average Bonchev–Trinajstić information content (AvgIpc) is 2.79. The van der Waals surface area contributed by atoms with Crippen LogP contribution in [0.4, 0.5) is 31.1 Å². The summed E-state index contributed by atoms with van der Waals surface area (Å²) < 4.78 is 72.3. The lowest BCUT2D eigenvalue weighted by Gasteiger charge is -2.44. The molecule has 200 valence electrons. The molecule has 3 N–H and O–H groups in total. The number of nitrogens with one attached hydrogen (secondary N) is 1. The number of rotatable bonds is 5. The molecule has 0 spiro atoms. The fourth-order valence-electron chi connectivity index (χ4n) is 4.17. The third-order valence-corrected chi connectivity index (χ3v) is 5.89. The molecule has 1 aliphatic carbocycles. The molecule has 1 saturated carbocycles. The summed E-state index contributed by atoms with van der Waals surface area (Å²) >= 11 is 0. The lowest BCUT2D eigenvalue weighted by molar-refractivity contribution is -0.192. The first-order chi connectivity index (χ1) is 16.6. The molecule has 9 nitrogen and oxygen atoms in total. The van der Waals surface area contributed by atoms with Crippen LogP contribution in [0.2, 0.25) is 0 Å². The van der Waals surface area contributed by atoms with E-state index in [4.69, 9.17) is 9.90 Å². The van der Waals surface area contributed by atoms with Gasteiger partial charge in [0.25, 0.3) is 0 Å². The van der Waals surface area contributed by atoms with Gasteiger partial charge >= 0.3 is 30.3 Å². The van der Waals surface area contributed by atoms with Gasteiger partial charge in [-0.3, -0.25) is 9.78 Å². The van der Waals surface area contributed by atoms with Gasteiger partial charge in [0, 0.05) is 12.4 Å². The van der Waals surface area contributed by atoms with Crippen molar-refractivity contribution in [2.75, 3.05) is 0 Å². The second kappa shape index (κ2) is 11.6. The van der Waals surface area contributed by atoms with Crippen LogP contribution in [-0.2, 0) is 20.8 Å². The number of hydrogen-bond acceptors (Lipinski definition) is 5. The van der Waals surface area contributed by atoms with E-state index >= 15 is 0 Å². The monoisotopic (exact) mass is 527 g/mol. The van der Waals surface area contributed by atoms with E-state index in [-0.39, 0.29) is 6.42 Å². The lowest BCUT2D eigenvalue weighted by Crippen LogP contribution is -2.70. The molecule has 2 fully saturated rings. The van der Waals surface area contributed by atoms with Crippen LogP contribution in [0.5, 0.6) is 0 Å². The highest BCUT2D eigenvalue weighted by Crippen LogP contribution is 2.36. The molecule has 2 heterocycles. The zero-order chi connectivity index (χ0) is 27.3. The van der Waals surface area contributed by atoms with Crippen molar-refractivity contribution in [3.05, 3.63) is 30.1 Å². The maximum atomic E-state index is 13.5. The molecule has 2 aliphatic rings. The maximum absolute atomic E-state index is 13.5. The number of carbonyl (C=O) groups excluding carboxylic acids is 2. The third kappa shape index (κ3) is 7.31. The summed E-state index contributed by atoms with van der Waals surface area (Å²) in [6.07, 6.45) is -3.96. The van der Waals surface area contributed by atoms with Gasteiger partial charge in [-0.25, -0.2) is 19.3 Å². The minimum Gasteiger partial charge on any atom is -0.480 e. The summed E-state index contributed by atoms with van der Waals surface area (Å²) in [5.74, 6) is -6.77. The number of urea groups is 1. The Morgan fingerprint density at radius 1 is 1.03 bits per heavy atom. The molecule has 1 aromatic heterocycles. The molecule has 1 saturated heterocycles. The van der Waals surface area contributed by atoms with E-state index in [2.05, 4.69) is 4.98 Å². The molecule has 0 bridgehead atoms. The number of hydrogen-bond donors (Lipinski definition) is 3. The molecular formula is C21H23F6N3O6. The van der Waals surface area contributed by atoms with E-state index in [1.165, 1.54) is 12.4 Å². The smallest absolute Gasteiger partial charge is 0.480 e. The first-order valence-electron chi connectivity index (χ1n) is 10.8. The zero-order valence-corrected chi connectivity index (χ0v) is 18.6. The highest BCUT2D eigenvalue weighted by molar-refractivity contribution is 6.07. The predicted octanol–water partition coefficient (Wildman–Crippen LogP) is 3.39. The number of nitrogens with zero attached hydrogens (tertiary/aromatic N) is 2. The number of halogens is 6. The van der Waals surface area contributed by atoms with Crippen molar-refractivity contribution in [2.24, 2.45) is 11.8 Å². The number of carboxylic acids is 2. The van der Waals surface area contributed by atoms with Crippen LogP contribution in [0.15, 0.2) is 24.5 Å². The van der Waals surface area contributed by atoms with Gasteiger partial charge in [-0.05, 0) is 42.9 Å². The van der Waals surface area contributed by atoms with Gasteiger partial charge in [-0.15, -0.1) is 0 Å². The second-order valence-corrected chi connectivity index (χ2v) is 8.33. The largest absolute Gasteiger partial charge is 0.490 e. The molecule has 1 aromatic rings. The van der Waals surface area contributed by atoms with Crippen LogP contribution in [0.3, 0.4) is 0 Å². The fourth-order valence-corrected chi connectivity index (χ4v) is 4.17. The van der Waals surface area contributed by atoms with Crippen molar-refractivity contribution in [2.45, 2.75) is 63.0 Å². The van der Waals surface area contributed by atoms with Gasteiger partial charge in [0.2, 0.25) is 5.91 Å². The van der Waals surface area contributed by atoms with Crippen molar-refractivity contribution in [1.82, 2.24) is 15.2 Å². The summed E-state index contributed by atoms with van der Waals surface area (Å²) in [4.78, 5) is 49.6. The van der Waals surface area contributed by atoms with Gasteiger partial charge < -0.3 is 15.5 Å². The van der Waals surface area contributed by atoms with E-state index in [0.29, 0.717) is 36.1 Å². The summed E-state index contributed by atoms with van der Waals surface area (Å²) in [6.45, 7) is 0. The van der Waals surface area contributed by atoms with E-state index in [1.54, 1.807) is 12.1 Å². The number of aromatic nitrogens is 1. The average molecular weight is 527 g/mol. The third-order valence-electron chi connectivity index (χ3n) is 5.89. The van der Waals surface area contributed by atoms with Gasteiger partial charge in [0.15, 0.2) is 6.04 Å². The van der Waals surface area contributed by atoms with Crippen LogP contribution in [0, 0.1) is 11.8 Å². The van der Waals surface area contributed by atoms with Crippen LogP contribution in [0.25, 0.3) is 0 Å². The summed E-state index contributed by atoms with van der Waals surface area (Å²) in [6, 6.07) is -1.69. The Kier molecular flexibility index (Phi) is 9.26. The minimum atomic E-state index is -5.08. The standard InChI is InChI=1S/C19H22F3N3O4.C2HF3O2/c20-19(21,22)15(12-4-2-1-3-5-12)24-18(29)25-14(17(27)28)13(16(25)26)10-11-6-8-23-9-7-11;3-2(4,5)1(6)7/h6-9,12-15H,1-5,10H2,(H,24,29)(H,27,28);(H,6,7)/t13-,14+,15+;/m1./s1. The number of alkyl halides is 6. The van der Waals surface area contributed by atoms with E-state index in [1.807, 2.05) is 5.32 Å². The Hall–Kier alpha value is -3.39. The molecule has 3 rings (SSSR count). The Bertz CT molecular complexity index is 950. The highest BCUT2D eigenvalue weighted by atomic mass is 19.4. The van der Waals surface area contributed by atoms with Gasteiger partial charge in [0.05, 0.1) is 5.92 Å². The first-order valence-corrected chi connectivity index (χ1v) is 10.8. The van der Waals surface area contributed by atoms with Gasteiger partial charge in [0.1, 0.15) is 6.04 Å². The number of carboxylic acid groups (broad SMARTS) is 2. The maximum Gasteiger partial charge on any atom is 0.490 e. The van der Waals surface area contributed by atoms with E-state index < -0.39 is 60.1 Å². The van der Waals surface area contributed by atoms with Crippen LogP contribution in [-0.4, -0.2) is 68.4 Å². The second-order valence-electron chi connectivity index (χ2n) is 8.33. The molecule has 3 amide bonds. The van der Waals surface area contributed by atoms with Gasteiger partial charge in [-0.2, -0.15) is 26.3 Å². The Balaban J connectivity index is 0.000000572. The van der Waals surface area contributed by atoms with Crippen molar-refractivity contribution in [3.63, 3.8) is 0 Å². The number of likely N-dealkylation sites (tertiary alicyclic amines) is 1. The molecule has 0 aromatic carbocycles. The quantitative estimate of drug-likeness (QED) is 0.394. The number of pyridine rings is 1. The molecule has 1 aliphatic heterocycles. The fraction of sp³-hybridized carbons (Fsp3) is 0.571. The summed E-state index contributed by atoms with van der Waals surface area (Å²) in [7, 11) is 0. The number of amides is 3. The minimum absolute atomic E-state index is 0.0629. The van der Waals surface area contributed by atoms with Crippen molar-refractivity contribution < 1.29 is 55.7 Å². The van der Waals surface area contributed by atoms with E-state index in [0.717, 1.165) is 6.42 Å². The Labute approximate surface area is 200 Å². The molecular weight excluding hydrogens is 504 g/mol. The highest BCUT2D eigenvalue weighted by Gasteiger charge is 2.56. The Morgan fingerprint density at radius 3 is 2.00 bits per heavy atom. The van der Waals surface area contributed by atoms with Crippen molar-refractivity contribution in [3.8, 4) is 0 Å². The number of aliphatic carboxylic acids is 2. The molecule has 0 radical (unpaired) electrons. The SMILES string of the molecule is O=C(O)C(F)(F)F.O=C(O)[C@@H]1[C@@H](Cc2ccncc2)C(=O)N1C(=O)N[C@@H](C1CCCCC1)C(F)(F)F. The molecule has 36 heavy (non-hydrogen) atoms. The molecule has 3 atom stereocenters. The predicted molar refractivity (Wildman–Crippen MR) is 108 cm³/mol. The number of imide groups is 1. The van der Waals surface area contributed by atoms with Crippen LogP contribution >= 0.6 is 0 Å².